The van der Waals surface area contributed by atoms with E-state index in [1.165, 1.54) is 46.6 Å². The molecule has 0 fully saturated rings. The van der Waals surface area contributed by atoms with E-state index in [-0.39, 0.29) is 28.3 Å². The number of benzene rings is 2. The molecule has 140 valence electrons. The molecule has 0 amide bonds. The Bertz CT molecular complexity index is 931. The summed E-state index contributed by atoms with van der Waals surface area (Å²) >= 11 is 0. The van der Waals surface area contributed by atoms with Gasteiger partial charge in [-0.3, -0.25) is 10.1 Å². The van der Waals surface area contributed by atoms with Gasteiger partial charge in [-0.2, -0.15) is 5.26 Å². The van der Waals surface area contributed by atoms with Gasteiger partial charge in [0.25, 0.3) is 5.69 Å². The fourth-order valence-electron chi connectivity index (χ4n) is 2.51. The number of nitro groups is 1. The van der Waals surface area contributed by atoms with E-state index in [2.05, 4.69) is 0 Å². The van der Waals surface area contributed by atoms with Crippen LogP contribution in [0.5, 0.6) is 23.0 Å². The first kappa shape index (κ1) is 19.6. The molecule has 0 spiro atoms. The maximum atomic E-state index is 11.5. The fourth-order valence-corrected chi connectivity index (χ4v) is 2.51. The highest BCUT2D eigenvalue weighted by Gasteiger charge is 2.22. The maximum absolute atomic E-state index is 11.5. The summed E-state index contributed by atoms with van der Waals surface area (Å²) in [6, 6.07) is 9.71. The van der Waals surface area contributed by atoms with Gasteiger partial charge in [-0.1, -0.05) is 6.07 Å². The minimum atomic E-state index is -0.572. The predicted octanol–water partition coefficient (Wildman–Crippen LogP) is 3.69. The number of nitriles is 1. The second kappa shape index (κ2) is 8.58. The average Bonchev–Trinajstić information content (AvgIpc) is 2.70. The zero-order chi connectivity index (χ0) is 20.0. The Morgan fingerprint density at radius 2 is 1.52 bits per heavy atom. The molecule has 0 saturated heterocycles. The molecule has 0 atom stereocenters. The highest BCUT2D eigenvalue weighted by molar-refractivity contribution is 5.93. The van der Waals surface area contributed by atoms with E-state index < -0.39 is 4.92 Å². The molecule has 0 radical (unpaired) electrons. The Hall–Kier alpha value is -3.73. The lowest BCUT2D eigenvalue weighted by molar-refractivity contribution is -0.385. The SMILES string of the molecule is COc1ccc(/C=C(\C#N)c2cc(OC)c(OC)cc2[N+](=O)[O-])cc1OC. The van der Waals surface area contributed by atoms with Crippen LogP contribution in [0.15, 0.2) is 30.3 Å². The van der Waals surface area contributed by atoms with Crippen LogP contribution in [0.3, 0.4) is 0 Å². The molecular formula is C19H18N2O6. The van der Waals surface area contributed by atoms with Crippen molar-refractivity contribution in [2.75, 3.05) is 28.4 Å². The molecule has 27 heavy (non-hydrogen) atoms. The number of hydrogen-bond donors (Lipinski definition) is 0. The second-order valence-corrected chi connectivity index (χ2v) is 5.27. The molecule has 0 N–H and O–H groups in total. The van der Waals surface area contributed by atoms with Crippen LogP contribution in [0.2, 0.25) is 0 Å². The Balaban J connectivity index is 2.65. The summed E-state index contributed by atoms with van der Waals surface area (Å²) in [6.45, 7) is 0. The first-order chi connectivity index (χ1) is 13.0. The molecule has 8 nitrogen and oxygen atoms in total. The number of hydrogen-bond acceptors (Lipinski definition) is 7. The van der Waals surface area contributed by atoms with Gasteiger partial charge in [-0.25, -0.2) is 0 Å². The predicted molar refractivity (Wildman–Crippen MR) is 99.2 cm³/mol. The molecule has 2 aromatic carbocycles. The third-order valence-corrected chi connectivity index (χ3v) is 3.83. The van der Waals surface area contributed by atoms with Crippen molar-refractivity contribution in [1.29, 1.82) is 5.26 Å². The average molecular weight is 370 g/mol. The van der Waals surface area contributed by atoms with Gasteiger partial charge in [0.05, 0.1) is 50.6 Å². The minimum absolute atomic E-state index is 0.0925. The third-order valence-electron chi connectivity index (χ3n) is 3.83. The van der Waals surface area contributed by atoms with E-state index in [0.717, 1.165) is 0 Å². The van der Waals surface area contributed by atoms with Crippen molar-refractivity contribution in [2.24, 2.45) is 0 Å². The fraction of sp³-hybridized carbons (Fsp3) is 0.211. The number of nitro benzene ring substituents is 1. The van der Waals surface area contributed by atoms with Gasteiger partial charge in [-0.15, -0.1) is 0 Å². The second-order valence-electron chi connectivity index (χ2n) is 5.27. The van der Waals surface area contributed by atoms with Gasteiger partial charge in [0.2, 0.25) is 0 Å². The van der Waals surface area contributed by atoms with Gasteiger partial charge in [0, 0.05) is 0 Å². The van der Waals surface area contributed by atoms with Gasteiger partial charge in [-0.05, 0) is 29.8 Å². The van der Waals surface area contributed by atoms with Crippen LogP contribution in [-0.4, -0.2) is 33.4 Å². The summed E-state index contributed by atoms with van der Waals surface area (Å²) in [5.74, 6) is 1.50. The smallest absolute Gasteiger partial charge is 0.281 e. The monoisotopic (exact) mass is 370 g/mol. The first-order valence-electron chi connectivity index (χ1n) is 7.73. The normalized spacial score (nSPS) is 10.7. The van der Waals surface area contributed by atoms with E-state index in [9.17, 15) is 15.4 Å². The van der Waals surface area contributed by atoms with Crippen molar-refractivity contribution >= 4 is 17.3 Å². The van der Waals surface area contributed by atoms with Crippen LogP contribution in [0, 0.1) is 21.4 Å². The minimum Gasteiger partial charge on any atom is -0.493 e. The number of methoxy groups -OCH3 is 4. The molecule has 0 unspecified atom stereocenters. The summed E-state index contributed by atoms with van der Waals surface area (Å²) in [5.41, 5.74) is 0.569. The molecule has 0 saturated carbocycles. The topological polar surface area (TPSA) is 104 Å². The van der Waals surface area contributed by atoms with E-state index >= 15 is 0 Å². The summed E-state index contributed by atoms with van der Waals surface area (Å²) < 4.78 is 20.7. The van der Waals surface area contributed by atoms with Gasteiger partial charge in [0.1, 0.15) is 6.07 Å². The highest BCUT2D eigenvalue weighted by atomic mass is 16.6. The highest BCUT2D eigenvalue weighted by Crippen LogP contribution is 2.38. The number of allylic oxidation sites excluding steroid dienone is 1. The standard InChI is InChI=1S/C19H18N2O6/c1-24-16-6-5-12(8-17(16)25-2)7-13(11-20)14-9-18(26-3)19(27-4)10-15(14)21(22)23/h5-10H,1-4H3/b13-7+. The van der Waals surface area contributed by atoms with Gasteiger partial charge in [0.15, 0.2) is 23.0 Å². The quantitative estimate of drug-likeness (QED) is 0.317. The largest absolute Gasteiger partial charge is 0.493 e. The van der Waals surface area contributed by atoms with Crippen LogP contribution in [-0.2, 0) is 0 Å². The van der Waals surface area contributed by atoms with E-state index in [1.54, 1.807) is 18.2 Å². The van der Waals surface area contributed by atoms with Crippen LogP contribution in [0.1, 0.15) is 11.1 Å². The van der Waals surface area contributed by atoms with Crippen LogP contribution in [0.25, 0.3) is 11.6 Å². The Morgan fingerprint density at radius 1 is 0.963 bits per heavy atom. The summed E-state index contributed by atoms with van der Waals surface area (Å²) in [4.78, 5) is 10.9. The lowest BCUT2D eigenvalue weighted by Gasteiger charge is -2.11. The van der Waals surface area contributed by atoms with Crippen LogP contribution < -0.4 is 18.9 Å². The maximum Gasteiger partial charge on any atom is 0.281 e. The molecular weight excluding hydrogens is 352 g/mol. The van der Waals surface area contributed by atoms with Crippen molar-refractivity contribution in [3.8, 4) is 29.1 Å². The zero-order valence-electron chi connectivity index (χ0n) is 15.3. The number of ether oxygens (including phenoxy) is 4. The first-order valence-corrected chi connectivity index (χ1v) is 7.73. The van der Waals surface area contributed by atoms with E-state index in [1.807, 2.05) is 6.07 Å². The van der Waals surface area contributed by atoms with Crippen molar-refractivity contribution in [2.45, 2.75) is 0 Å². The van der Waals surface area contributed by atoms with Crippen LogP contribution in [0.4, 0.5) is 5.69 Å². The molecule has 0 aliphatic heterocycles. The Kier molecular flexibility index (Phi) is 6.23. The van der Waals surface area contributed by atoms with Crippen LogP contribution >= 0.6 is 0 Å². The lowest BCUT2D eigenvalue weighted by atomic mass is 10.0. The molecule has 0 bridgehead atoms. The van der Waals surface area contributed by atoms with Crippen molar-refractivity contribution in [3.63, 3.8) is 0 Å². The molecule has 0 heterocycles. The summed E-state index contributed by atoms with van der Waals surface area (Å²) in [6.07, 6.45) is 1.52. The number of nitrogens with zero attached hydrogens (tertiary/aromatic N) is 2. The molecule has 8 heteroatoms. The molecule has 0 aromatic heterocycles. The van der Waals surface area contributed by atoms with E-state index in [4.69, 9.17) is 18.9 Å². The van der Waals surface area contributed by atoms with Gasteiger partial charge < -0.3 is 18.9 Å². The van der Waals surface area contributed by atoms with Crippen molar-refractivity contribution in [1.82, 2.24) is 0 Å². The molecule has 2 aromatic rings. The van der Waals surface area contributed by atoms with Gasteiger partial charge >= 0.3 is 0 Å². The molecule has 0 aliphatic rings. The lowest BCUT2D eigenvalue weighted by Crippen LogP contribution is -1.99. The summed E-state index contributed by atoms with van der Waals surface area (Å²) in [7, 11) is 5.81. The van der Waals surface area contributed by atoms with Crippen molar-refractivity contribution in [3.05, 3.63) is 51.6 Å². The molecule has 2 rings (SSSR count). The third kappa shape index (κ3) is 4.10. The summed E-state index contributed by atoms with van der Waals surface area (Å²) in [5, 5.41) is 21.1. The number of rotatable bonds is 7. The Morgan fingerprint density at radius 3 is 2.04 bits per heavy atom. The zero-order valence-corrected chi connectivity index (χ0v) is 15.3. The Labute approximate surface area is 156 Å². The van der Waals surface area contributed by atoms with E-state index in [0.29, 0.717) is 17.1 Å². The van der Waals surface area contributed by atoms with Crippen molar-refractivity contribution < 1.29 is 23.9 Å². The molecule has 0 aliphatic carbocycles.